The number of aliphatic hydroxyl groups excluding tert-OH is 2. The van der Waals surface area contributed by atoms with Crippen LogP contribution in [0.2, 0.25) is 5.15 Å². The second-order valence-corrected chi connectivity index (χ2v) is 3.84. The van der Waals surface area contributed by atoms with Gasteiger partial charge in [-0.1, -0.05) is 11.6 Å². The maximum absolute atomic E-state index is 11.2. The molecule has 0 aliphatic carbocycles. The van der Waals surface area contributed by atoms with E-state index < -0.39 is 28.8 Å². The number of hydrogen-bond donors (Lipinski definition) is 2. The Kier molecular flexibility index (Phi) is 5.16. The van der Waals surface area contributed by atoms with Gasteiger partial charge in [-0.2, -0.15) is 0 Å². The first-order valence-corrected chi connectivity index (χ1v) is 5.58. The predicted octanol–water partition coefficient (Wildman–Crippen LogP) is 0.601. The Morgan fingerprint density at radius 2 is 2.26 bits per heavy atom. The van der Waals surface area contributed by atoms with Crippen molar-refractivity contribution in [3.05, 3.63) is 33.1 Å². The van der Waals surface area contributed by atoms with Crippen LogP contribution >= 0.6 is 11.6 Å². The molecule has 0 aliphatic heterocycles. The lowest BCUT2D eigenvalue weighted by Gasteiger charge is -2.16. The number of nitro groups is 1. The van der Waals surface area contributed by atoms with E-state index in [2.05, 4.69) is 9.72 Å². The topological polar surface area (TPSA) is 123 Å². The van der Waals surface area contributed by atoms with Crippen molar-refractivity contribution in [3.63, 3.8) is 0 Å². The normalized spacial score (nSPS) is 13.7. The van der Waals surface area contributed by atoms with Crippen LogP contribution in [0.1, 0.15) is 18.6 Å². The molecule has 0 aliphatic rings. The van der Waals surface area contributed by atoms with Crippen molar-refractivity contribution in [1.29, 1.82) is 0 Å². The van der Waals surface area contributed by atoms with Gasteiger partial charge in [0.05, 0.1) is 11.5 Å². The molecule has 0 radical (unpaired) electrons. The van der Waals surface area contributed by atoms with E-state index in [0.717, 1.165) is 12.3 Å². The van der Waals surface area contributed by atoms with E-state index in [0.29, 0.717) is 0 Å². The number of aliphatic hydroxyl groups is 2. The zero-order valence-electron chi connectivity index (χ0n) is 9.82. The van der Waals surface area contributed by atoms with E-state index in [1.54, 1.807) is 0 Å². The third kappa shape index (κ3) is 3.60. The van der Waals surface area contributed by atoms with Crippen LogP contribution in [0.3, 0.4) is 0 Å². The van der Waals surface area contributed by atoms with Crippen molar-refractivity contribution < 1.29 is 24.7 Å². The van der Waals surface area contributed by atoms with Crippen LogP contribution in [0.25, 0.3) is 0 Å². The minimum absolute atomic E-state index is 0.0294. The molecule has 0 aromatic carbocycles. The van der Waals surface area contributed by atoms with E-state index in [1.165, 1.54) is 6.92 Å². The van der Waals surface area contributed by atoms with Crippen molar-refractivity contribution >= 4 is 23.3 Å². The fraction of sp³-hybridized carbons (Fsp3) is 0.400. The third-order valence-electron chi connectivity index (χ3n) is 2.21. The lowest BCUT2D eigenvalue weighted by molar-refractivity contribution is -0.385. The van der Waals surface area contributed by atoms with E-state index in [1.807, 2.05) is 0 Å². The van der Waals surface area contributed by atoms with Crippen molar-refractivity contribution in [2.45, 2.75) is 19.1 Å². The summed E-state index contributed by atoms with van der Waals surface area (Å²) in [6.07, 6.45) is -2.52. The highest BCUT2D eigenvalue weighted by Crippen LogP contribution is 2.26. The molecule has 1 aromatic heterocycles. The summed E-state index contributed by atoms with van der Waals surface area (Å²) < 4.78 is 4.52. The number of ether oxygens (including phenoxy) is 1. The van der Waals surface area contributed by atoms with Gasteiger partial charge in [0.25, 0.3) is 0 Å². The molecular formula is C10H11ClN2O6. The number of hydrogen-bond acceptors (Lipinski definition) is 7. The molecule has 0 fully saturated rings. The summed E-state index contributed by atoms with van der Waals surface area (Å²) in [6, 6.07) is 0.933. The number of carbonyl (C=O) groups is 1. The van der Waals surface area contributed by atoms with Crippen LogP contribution in [0, 0.1) is 10.1 Å². The number of nitrogens with zero attached hydrogens (tertiary/aromatic N) is 2. The van der Waals surface area contributed by atoms with Crippen molar-refractivity contribution in [2.24, 2.45) is 0 Å². The molecule has 1 rings (SSSR count). The molecule has 0 saturated carbocycles. The average molecular weight is 291 g/mol. The summed E-state index contributed by atoms with van der Waals surface area (Å²) in [6.45, 7) is 1.56. The van der Waals surface area contributed by atoms with Gasteiger partial charge >= 0.3 is 11.7 Å². The largest absolute Gasteiger partial charge is 0.464 e. The van der Waals surface area contributed by atoms with Crippen molar-refractivity contribution in [2.75, 3.05) is 6.61 Å². The van der Waals surface area contributed by atoms with Crippen molar-refractivity contribution in [1.82, 2.24) is 4.98 Å². The van der Waals surface area contributed by atoms with Crippen LogP contribution in [-0.2, 0) is 9.53 Å². The smallest absolute Gasteiger partial charge is 0.338 e. The molecular weight excluding hydrogens is 280 g/mol. The lowest BCUT2D eigenvalue weighted by atomic mass is 10.1. The second kappa shape index (κ2) is 6.41. The Morgan fingerprint density at radius 3 is 2.79 bits per heavy atom. The minimum Gasteiger partial charge on any atom is -0.464 e. The van der Waals surface area contributed by atoms with Gasteiger partial charge < -0.3 is 14.9 Å². The van der Waals surface area contributed by atoms with Gasteiger partial charge in [0, 0.05) is 17.8 Å². The molecule has 0 amide bonds. The average Bonchev–Trinajstić information content (AvgIpc) is 2.37. The molecule has 104 valence electrons. The number of rotatable bonds is 5. The fourth-order valence-corrected chi connectivity index (χ4v) is 1.45. The SMILES string of the molecule is CCOC(=O)C(O)C(O)c1cnc(Cl)c([N+](=O)[O-])c1. The minimum atomic E-state index is -1.86. The van der Waals surface area contributed by atoms with Crippen LogP contribution in [-0.4, -0.2) is 38.8 Å². The standard InChI is InChI=1S/C10H11ClN2O6/c1-2-19-10(16)8(15)7(14)5-3-6(13(17)18)9(11)12-4-5/h3-4,7-8,14-15H,2H2,1H3. The molecule has 0 bridgehead atoms. The van der Waals surface area contributed by atoms with E-state index in [-0.39, 0.29) is 17.3 Å². The Morgan fingerprint density at radius 1 is 1.63 bits per heavy atom. The monoisotopic (exact) mass is 290 g/mol. The quantitative estimate of drug-likeness (QED) is 0.352. The molecule has 1 heterocycles. The lowest BCUT2D eigenvalue weighted by Crippen LogP contribution is -2.30. The molecule has 1 aromatic rings. The molecule has 2 unspecified atom stereocenters. The summed E-state index contributed by atoms with van der Waals surface area (Å²) in [5.74, 6) is -1.03. The molecule has 0 spiro atoms. The summed E-state index contributed by atoms with van der Waals surface area (Å²) in [7, 11) is 0. The van der Waals surface area contributed by atoms with Gasteiger partial charge in [0.1, 0.15) is 6.10 Å². The second-order valence-electron chi connectivity index (χ2n) is 3.48. The highest BCUT2D eigenvalue weighted by molar-refractivity contribution is 6.31. The summed E-state index contributed by atoms with van der Waals surface area (Å²) >= 11 is 5.50. The zero-order chi connectivity index (χ0) is 14.6. The first-order chi connectivity index (χ1) is 8.88. The summed E-state index contributed by atoms with van der Waals surface area (Å²) in [5.41, 5.74) is -0.647. The molecule has 8 nitrogen and oxygen atoms in total. The van der Waals surface area contributed by atoms with Gasteiger partial charge in [0.2, 0.25) is 5.15 Å². The molecule has 2 N–H and O–H groups in total. The Hall–Kier alpha value is -1.77. The number of pyridine rings is 1. The number of aromatic nitrogens is 1. The molecule has 19 heavy (non-hydrogen) atoms. The van der Waals surface area contributed by atoms with Crippen molar-refractivity contribution in [3.8, 4) is 0 Å². The molecule has 2 atom stereocenters. The van der Waals surface area contributed by atoms with Crippen LogP contribution in [0.5, 0.6) is 0 Å². The molecule has 9 heteroatoms. The van der Waals surface area contributed by atoms with E-state index in [4.69, 9.17) is 11.6 Å². The molecule has 0 saturated heterocycles. The van der Waals surface area contributed by atoms with E-state index >= 15 is 0 Å². The van der Waals surface area contributed by atoms with Gasteiger partial charge in [-0.3, -0.25) is 10.1 Å². The maximum atomic E-state index is 11.2. The van der Waals surface area contributed by atoms with Gasteiger partial charge in [0.15, 0.2) is 6.10 Å². The highest BCUT2D eigenvalue weighted by atomic mass is 35.5. The highest BCUT2D eigenvalue weighted by Gasteiger charge is 2.29. The fourth-order valence-electron chi connectivity index (χ4n) is 1.28. The van der Waals surface area contributed by atoms with Gasteiger partial charge in [-0.25, -0.2) is 9.78 Å². The zero-order valence-corrected chi connectivity index (χ0v) is 10.6. The van der Waals surface area contributed by atoms with E-state index in [9.17, 15) is 25.1 Å². The van der Waals surface area contributed by atoms with Gasteiger partial charge in [-0.05, 0) is 6.92 Å². The predicted molar refractivity (Wildman–Crippen MR) is 63.5 cm³/mol. The number of carbonyl (C=O) groups excluding carboxylic acids is 1. The van der Waals surface area contributed by atoms with Crippen LogP contribution in [0.4, 0.5) is 5.69 Å². The first-order valence-electron chi connectivity index (χ1n) is 5.21. The van der Waals surface area contributed by atoms with Crippen LogP contribution < -0.4 is 0 Å². The Balaban J connectivity index is 3.00. The summed E-state index contributed by atoms with van der Waals surface area (Å²) in [5, 5.41) is 29.5. The third-order valence-corrected chi connectivity index (χ3v) is 2.50. The Labute approximate surface area is 112 Å². The summed E-state index contributed by atoms with van der Waals surface area (Å²) in [4.78, 5) is 24.6. The first kappa shape index (κ1) is 15.3. The van der Waals surface area contributed by atoms with Crippen LogP contribution in [0.15, 0.2) is 12.3 Å². The number of esters is 1. The Bertz CT molecular complexity index is 495. The van der Waals surface area contributed by atoms with Gasteiger partial charge in [-0.15, -0.1) is 0 Å². The maximum Gasteiger partial charge on any atom is 0.338 e. The number of halogens is 1.